The lowest BCUT2D eigenvalue weighted by molar-refractivity contribution is 0.733. The molecule has 0 aliphatic carbocycles. The summed E-state index contributed by atoms with van der Waals surface area (Å²) in [5.41, 5.74) is 2.74. The second kappa shape index (κ2) is 6.85. The van der Waals surface area contributed by atoms with Gasteiger partial charge in [0.1, 0.15) is 0 Å². The highest BCUT2D eigenvalue weighted by molar-refractivity contribution is 7.80. The molecular formula is C14H23NS. The molecule has 0 bridgehead atoms. The molecule has 0 heterocycles. The third-order valence-corrected chi connectivity index (χ3v) is 3.48. The van der Waals surface area contributed by atoms with Gasteiger partial charge in [0.25, 0.3) is 0 Å². The Kier molecular flexibility index (Phi) is 5.75. The predicted molar refractivity (Wildman–Crippen MR) is 76.9 cm³/mol. The first-order chi connectivity index (χ1) is 7.69. The van der Waals surface area contributed by atoms with E-state index in [1.165, 1.54) is 17.7 Å². The summed E-state index contributed by atoms with van der Waals surface area (Å²) in [6.07, 6.45) is 2.33. The molecule has 0 saturated carbocycles. The number of benzene rings is 1. The highest BCUT2D eigenvalue weighted by Crippen LogP contribution is 2.21. The largest absolute Gasteiger partial charge is 0.375 e. The van der Waals surface area contributed by atoms with E-state index in [1.54, 1.807) is 0 Å². The SMILES string of the molecule is CCC(C)c1ccc(N(C)CCCS)cc1. The molecule has 0 aliphatic rings. The number of anilines is 1. The predicted octanol–water partition coefficient (Wildman–Crippen LogP) is 3.96. The third-order valence-electron chi connectivity index (χ3n) is 3.17. The van der Waals surface area contributed by atoms with Crippen LogP contribution in [0, 0.1) is 0 Å². The molecule has 0 amide bonds. The summed E-state index contributed by atoms with van der Waals surface area (Å²) in [6.45, 7) is 5.59. The summed E-state index contributed by atoms with van der Waals surface area (Å²) in [5.74, 6) is 1.62. The summed E-state index contributed by atoms with van der Waals surface area (Å²) in [4.78, 5) is 2.29. The molecule has 0 aromatic heterocycles. The van der Waals surface area contributed by atoms with Gasteiger partial charge in [-0.1, -0.05) is 26.0 Å². The van der Waals surface area contributed by atoms with Crippen LogP contribution in [-0.4, -0.2) is 19.3 Å². The fourth-order valence-corrected chi connectivity index (χ4v) is 1.87. The average molecular weight is 237 g/mol. The molecule has 1 aromatic carbocycles. The number of hydrogen-bond acceptors (Lipinski definition) is 2. The average Bonchev–Trinajstić information content (AvgIpc) is 2.35. The second-order valence-corrected chi connectivity index (χ2v) is 4.85. The van der Waals surface area contributed by atoms with Crippen LogP contribution < -0.4 is 4.90 Å². The molecule has 1 atom stereocenters. The van der Waals surface area contributed by atoms with E-state index in [0.29, 0.717) is 5.92 Å². The first kappa shape index (κ1) is 13.4. The Hall–Kier alpha value is -0.630. The van der Waals surface area contributed by atoms with Gasteiger partial charge < -0.3 is 4.90 Å². The van der Waals surface area contributed by atoms with E-state index in [4.69, 9.17) is 0 Å². The smallest absolute Gasteiger partial charge is 0.0363 e. The molecule has 2 heteroatoms. The van der Waals surface area contributed by atoms with Crippen LogP contribution in [0.2, 0.25) is 0 Å². The maximum Gasteiger partial charge on any atom is 0.0363 e. The van der Waals surface area contributed by atoms with Crippen LogP contribution in [0.25, 0.3) is 0 Å². The van der Waals surface area contributed by atoms with Gasteiger partial charge >= 0.3 is 0 Å². The molecule has 1 unspecified atom stereocenters. The summed E-state index contributed by atoms with van der Waals surface area (Å²) in [5, 5.41) is 0. The zero-order valence-corrected chi connectivity index (χ0v) is 11.5. The van der Waals surface area contributed by atoms with Crippen molar-refractivity contribution in [2.45, 2.75) is 32.6 Å². The van der Waals surface area contributed by atoms with Crippen molar-refractivity contribution in [3.63, 3.8) is 0 Å². The Morgan fingerprint density at radius 2 is 1.88 bits per heavy atom. The lowest BCUT2D eigenvalue weighted by atomic mass is 9.98. The van der Waals surface area contributed by atoms with Crippen molar-refractivity contribution in [2.75, 3.05) is 24.2 Å². The molecule has 16 heavy (non-hydrogen) atoms. The summed E-state index contributed by atoms with van der Waals surface area (Å²) >= 11 is 4.24. The molecular weight excluding hydrogens is 214 g/mol. The number of hydrogen-bond donors (Lipinski definition) is 1. The van der Waals surface area contributed by atoms with E-state index < -0.39 is 0 Å². The second-order valence-electron chi connectivity index (χ2n) is 4.40. The Morgan fingerprint density at radius 1 is 1.25 bits per heavy atom. The van der Waals surface area contributed by atoms with Crippen LogP contribution >= 0.6 is 12.6 Å². The maximum atomic E-state index is 4.24. The van der Waals surface area contributed by atoms with Gasteiger partial charge in [0.05, 0.1) is 0 Å². The van der Waals surface area contributed by atoms with Crippen LogP contribution in [0.1, 0.15) is 38.2 Å². The molecule has 0 fully saturated rings. The first-order valence-electron chi connectivity index (χ1n) is 6.11. The minimum atomic E-state index is 0.664. The van der Waals surface area contributed by atoms with E-state index in [1.807, 2.05) is 0 Å². The first-order valence-corrected chi connectivity index (χ1v) is 6.74. The van der Waals surface area contributed by atoms with E-state index >= 15 is 0 Å². The Balaban J connectivity index is 2.63. The molecule has 1 aromatic rings. The summed E-state index contributed by atoms with van der Waals surface area (Å²) in [6, 6.07) is 8.95. The third kappa shape index (κ3) is 3.75. The quantitative estimate of drug-likeness (QED) is 0.733. The van der Waals surface area contributed by atoms with Crippen LogP contribution in [0.3, 0.4) is 0 Å². The van der Waals surface area contributed by atoms with Crippen molar-refractivity contribution >= 4 is 18.3 Å². The monoisotopic (exact) mass is 237 g/mol. The van der Waals surface area contributed by atoms with Crippen molar-refractivity contribution in [3.05, 3.63) is 29.8 Å². The minimum Gasteiger partial charge on any atom is -0.375 e. The summed E-state index contributed by atoms with van der Waals surface area (Å²) < 4.78 is 0. The van der Waals surface area contributed by atoms with Gasteiger partial charge in [-0.25, -0.2) is 0 Å². The van der Waals surface area contributed by atoms with E-state index in [2.05, 4.69) is 62.7 Å². The Labute approximate surface area is 105 Å². The molecule has 0 saturated heterocycles. The standard InChI is InChI=1S/C14H23NS/c1-4-12(2)13-6-8-14(9-7-13)15(3)10-5-11-16/h6-9,12,16H,4-5,10-11H2,1-3H3. The topological polar surface area (TPSA) is 3.24 Å². The Bertz CT molecular complexity index is 294. The highest BCUT2D eigenvalue weighted by atomic mass is 32.1. The van der Waals surface area contributed by atoms with Crippen LogP contribution in [0.15, 0.2) is 24.3 Å². The van der Waals surface area contributed by atoms with Crippen molar-refractivity contribution in [1.82, 2.24) is 0 Å². The van der Waals surface area contributed by atoms with Crippen molar-refractivity contribution in [2.24, 2.45) is 0 Å². The highest BCUT2D eigenvalue weighted by Gasteiger charge is 2.04. The van der Waals surface area contributed by atoms with E-state index in [0.717, 1.165) is 18.7 Å². The summed E-state index contributed by atoms with van der Waals surface area (Å²) in [7, 11) is 2.14. The minimum absolute atomic E-state index is 0.664. The van der Waals surface area contributed by atoms with Crippen LogP contribution in [0.4, 0.5) is 5.69 Å². The van der Waals surface area contributed by atoms with Gasteiger partial charge in [0, 0.05) is 19.3 Å². The van der Waals surface area contributed by atoms with Gasteiger partial charge in [0.2, 0.25) is 0 Å². The van der Waals surface area contributed by atoms with Crippen molar-refractivity contribution < 1.29 is 0 Å². The van der Waals surface area contributed by atoms with Gasteiger partial charge in [-0.2, -0.15) is 12.6 Å². The number of nitrogens with zero attached hydrogens (tertiary/aromatic N) is 1. The molecule has 0 radical (unpaired) electrons. The molecule has 90 valence electrons. The van der Waals surface area contributed by atoms with E-state index in [-0.39, 0.29) is 0 Å². The zero-order chi connectivity index (χ0) is 12.0. The van der Waals surface area contributed by atoms with Gasteiger partial charge in [-0.15, -0.1) is 0 Å². The molecule has 1 nitrogen and oxygen atoms in total. The van der Waals surface area contributed by atoms with E-state index in [9.17, 15) is 0 Å². The Morgan fingerprint density at radius 3 is 2.38 bits per heavy atom. The number of rotatable bonds is 6. The molecule has 1 rings (SSSR count). The van der Waals surface area contributed by atoms with Crippen molar-refractivity contribution in [1.29, 1.82) is 0 Å². The lowest BCUT2D eigenvalue weighted by Crippen LogP contribution is -2.18. The fraction of sp³-hybridized carbons (Fsp3) is 0.571. The van der Waals surface area contributed by atoms with Crippen LogP contribution in [0.5, 0.6) is 0 Å². The zero-order valence-electron chi connectivity index (χ0n) is 10.6. The fourth-order valence-electron chi connectivity index (χ4n) is 1.73. The molecule has 0 spiro atoms. The molecule has 0 N–H and O–H groups in total. The van der Waals surface area contributed by atoms with Gasteiger partial charge in [0.15, 0.2) is 0 Å². The molecule has 0 aliphatic heterocycles. The van der Waals surface area contributed by atoms with Crippen LogP contribution in [-0.2, 0) is 0 Å². The van der Waals surface area contributed by atoms with Gasteiger partial charge in [-0.3, -0.25) is 0 Å². The lowest BCUT2D eigenvalue weighted by Gasteiger charge is -2.19. The normalized spacial score (nSPS) is 12.5. The van der Waals surface area contributed by atoms with Gasteiger partial charge in [-0.05, 0) is 42.2 Å². The number of thiol groups is 1. The maximum absolute atomic E-state index is 4.24. The van der Waals surface area contributed by atoms with Crippen molar-refractivity contribution in [3.8, 4) is 0 Å².